The zero-order chi connectivity index (χ0) is 10.4. The van der Waals surface area contributed by atoms with Gasteiger partial charge in [0.1, 0.15) is 0 Å². The molecule has 0 radical (unpaired) electrons. The summed E-state index contributed by atoms with van der Waals surface area (Å²) in [4.78, 5) is 24.1. The van der Waals surface area contributed by atoms with Gasteiger partial charge in [0, 0.05) is 32.5 Å². The molecule has 0 atom stereocenters. The van der Waals surface area contributed by atoms with Gasteiger partial charge in [-0.25, -0.2) is 0 Å². The highest BCUT2D eigenvalue weighted by Gasteiger charge is 2.19. The van der Waals surface area contributed by atoms with Gasteiger partial charge in [0.15, 0.2) is 0 Å². The van der Waals surface area contributed by atoms with Crippen LogP contribution < -0.4 is 5.32 Å². The van der Waals surface area contributed by atoms with Crippen LogP contribution in [0.5, 0.6) is 0 Å². The first-order valence-corrected chi connectivity index (χ1v) is 5.28. The monoisotopic (exact) mass is 198 g/mol. The molecule has 1 aliphatic heterocycles. The Morgan fingerprint density at radius 2 is 2.36 bits per heavy atom. The van der Waals surface area contributed by atoms with Gasteiger partial charge in [-0.2, -0.15) is 0 Å². The third-order valence-corrected chi connectivity index (χ3v) is 2.38. The van der Waals surface area contributed by atoms with Crippen LogP contribution in [0.3, 0.4) is 0 Å². The molecule has 0 spiro atoms. The molecule has 4 heteroatoms. The Kier molecular flexibility index (Phi) is 4.43. The molecule has 14 heavy (non-hydrogen) atoms. The van der Waals surface area contributed by atoms with Crippen LogP contribution in [0.15, 0.2) is 0 Å². The number of rotatable bonds is 5. The van der Waals surface area contributed by atoms with E-state index in [-0.39, 0.29) is 11.8 Å². The Morgan fingerprint density at radius 3 is 2.93 bits per heavy atom. The smallest absolute Gasteiger partial charge is 0.222 e. The minimum atomic E-state index is 0.0825. The molecule has 0 saturated carbocycles. The molecule has 0 bridgehead atoms. The van der Waals surface area contributed by atoms with Crippen molar-refractivity contribution in [2.75, 3.05) is 19.6 Å². The molecular formula is C10H18N2O2. The predicted octanol–water partition coefficient (Wildman–Crippen LogP) is 0.525. The van der Waals surface area contributed by atoms with Crippen LogP contribution in [-0.2, 0) is 9.59 Å². The minimum absolute atomic E-state index is 0.0825. The van der Waals surface area contributed by atoms with Crippen LogP contribution in [0.25, 0.3) is 0 Å². The molecule has 1 rings (SSSR count). The van der Waals surface area contributed by atoms with E-state index in [0.717, 1.165) is 25.9 Å². The summed E-state index contributed by atoms with van der Waals surface area (Å²) in [6.07, 6.45) is 2.95. The van der Waals surface area contributed by atoms with E-state index in [1.54, 1.807) is 0 Å². The molecule has 1 aliphatic rings. The van der Waals surface area contributed by atoms with E-state index in [9.17, 15) is 9.59 Å². The Balaban J connectivity index is 2.08. The Bertz CT molecular complexity index is 216. The number of carbonyl (C=O) groups is 2. The van der Waals surface area contributed by atoms with Crippen LogP contribution in [0.1, 0.15) is 32.6 Å². The van der Waals surface area contributed by atoms with E-state index in [1.165, 1.54) is 0 Å². The Labute approximate surface area is 84.7 Å². The molecule has 0 aliphatic carbocycles. The molecule has 2 amide bonds. The van der Waals surface area contributed by atoms with Crippen molar-refractivity contribution in [3.8, 4) is 0 Å². The lowest BCUT2D eigenvalue weighted by atomic mass is 10.3. The van der Waals surface area contributed by atoms with Crippen molar-refractivity contribution in [1.82, 2.24) is 10.2 Å². The second-order valence-electron chi connectivity index (χ2n) is 3.54. The van der Waals surface area contributed by atoms with E-state index < -0.39 is 0 Å². The third kappa shape index (κ3) is 3.36. The maximum absolute atomic E-state index is 11.2. The second kappa shape index (κ2) is 5.62. The molecule has 0 aromatic rings. The normalized spacial score (nSPS) is 16.1. The molecule has 1 saturated heterocycles. The zero-order valence-electron chi connectivity index (χ0n) is 8.71. The summed E-state index contributed by atoms with van der Waals surface area (Å²) in [5.41, 5.74) is 0. The second-order valence-corrected chi connectivity index (χ2v) is 3.54. The van der Waals surface area contributed by atoms with Gasteiger partial charge >= 0.3 is 0 Å². The number of nitrogens with one attached hydrogen (secondary N) is 1. The lowest BCUT2D eigenvalue weighted by Gasteiger charge is -2.14. The van der Waals surface area contributed by atoms with E-state index in [4.69, 9.17) is 0 Å². The van der Waals surface area contributed by atoms with Crippen LogP contribution in [0.4, 0.5) is 0 Å². The van der Waals surface area contributed by atoms with Crippen molar-refractivity contribution >= 4 is 11.8 Å². The summed E-state index contributed by atoms with van der Waals surface area (Å²) in [7, 11) is 0. The summed E-state index contributed by atoms with van der Waals surface area (Å²) in [5, 5.41) is 2.74. The Hall–Kier alpha value is -1.06. The standard InChI is InChI=1S/C10H18N2O2/c1-2-11-9(13)5-3-7-12-8-4-6-10(12)14/h2-8H2,1H3,(H,11,13). The van der Waals surface area contributed by atoms with Gasteiger partial charge in [0.05, 0.1) is 0 Å². The van der Waals surface area contributed by atoms with Gasteiger partial charge in [0.25, 0.3) is 0 Å². The van der Waals surface area contributed by atoms with Gasteiger partial charge in [-0.1, -0.05) is 0 Å². The van der Waals surface area contributed by atoms with Gasteiger partial charge < -0.3 is 10.2 Å². The first kappa shape index (κ1) is 11.0. The lowest BCUT2D eigenvalue weighted by Crippen LogP contribution is -2.28. The zero-order valence-corrected chi connectivity index (χ0v) is 8.71. The van der Waals surface area contributed by atoms with E-state index >= 15 is 0 Å². The fourth-order valence-corrected chi connectivity index (χ4v) is 1.66. The summed E-state index contributed by atoms with van der Waals surface area (Å²) < 4.78 is 0. The molecule has 4 nitrogen and oxygen atoms in total. The summed E-state index contributed by atoms with van der Waals surface area (Å²) >= 11 is 0. The first-order valence-electron chi connectivity index (χ1n) is 5.28. The molecular weight excluding hydrogens is 180 g/mol. The maximum Gasteiger partial charge on any atom is 0.222 e. The lowest BCUT2D eigenvalue weighted by molar-refractivity contribution is -0.128. The largest absolute Gasteiger partial charge is 0.356 e. The summed E-state index contributed by atoms with van der Waals surface area (Å²) in [5.74, 6) is 0.319. The van der Waals surface area contributed by atoms with Gasteiger partial charge in [0.2, 0.25) is 11.8 Å². The SMILES string of the molecule is CCNC(=O)CCCN1CCCC1=O. The molecule has 0 aromatic carbocycles. The average molecular weight is 198 g/mol. The number of hydrogen-bond donors (Lipinski definition) is 1. The number of hydrogen-bond acceptors (Lipinski definition) is 2. The Morgan fingerprint density at radius 1 is 1.57 bits per heavy atom. The number of amides is 2. The summed E-state index contributed by atoms with van der Waals surface area (Å²) in [6.45, 7) is 4.19. The van der Waals surface area contributed by atoms with E-state index in [1.807, 2.05) is 11.8 Å². The summed E-state index contributed by atoms with van der Waals surface area (Å²) in [6, 6.07) is 0. The van der Waals surface area contributed by atoms with Gasteiger partial charge in [-0.15, -0.1) is 0 Å². The first-order chi connectivity index (χ1) is 6.74. The highest BCUT2D eigenvalue weighted by atomic mass is 16.2. The predicted molar refractivity (Wildman–Crippen MR) is 53.7 cm³/mol. The molecule has 0 aromatic heterocycles. The third-order valence-electron chi connectivity index (χ3n) is 2.38. The topological polar surface area (TPSA) is 49.4 Å². The van der Waals surface area contributed by atoms with E-state index in [2.05, 4.69) is 5.32 Å². The molecule has 0 unspecified atom stereocenters. The molecule has 1 N–H and O–H groups in total. The maximum atomic E-state index is 11.2. The van der Waals surface area contributed by atoms with Crippen molar-refractivity contribution in [2.24, 2.45) is 0 Å². The molecule has 1 heterocycles. The number of nitrogens with zero attached hydrogens (tertiary/aromatic N) is 1. The fourth-order valence-electron chi connectivity index (χ4n) is 1.66. The highest BCUT2D eigenvalue weighted by Crippen LogP contribution is 2.10. The fraction of sp³-hybridized carbons (Fsp3) is 0.800. The highest BCUT2D eigenvalue weighted by molar-refractivity contribution is 5.78. The number of likely N-dealkylation sites (tertiary alicyclic amines) is 1. The van der Waals surface area contributed by atoms with Crippen molar-refractivity contribution in [3.63, 3.8) is 0 Å². The van der Waals surface area contributed by atoms with Crippen molar-refractivity contribution in [2.45, 2.75) is 32.6 Å². The molecule has 80 valence electrons. The van der Waals surface area contributed by atoms with Crippen LogP contribution in [0.2, 0.25) is 0 Å². The van der Waals surface area contributed by atoms with Crippen molar-refractivity contribution < 1.29 is 9.59 Å². The average Bonchev–Trinajstić information content (AvgIpc) is 2.52. The van der Waals surface area contributed by atoms with Crippen molar-refractivity contribution in [1.29, 1.82) is 0 Å². The minimum Gasteiger partial charge on any atom is -0.356 e. The van der Waals surface area contributed by atoms with Gasteiger partial charge in [-0.3, -0.25) is 9.59 Å². The number of carbonyl (C=O) groups excluding carboxylic acids is 2. The van der Waals surface area contributed by atoms with Crippen LogP contribution in [0, 0.1) is 0 Å². The van der Waals surface area contributed by atoms with Crippen LogP contribution >= 0.6 is 0 Å². The van der Waals surface area contributed by atoms with Crippen molar-refractivity contribution in [3.05, 3.63) is 0 Å². The van der Waals surface area contributed by atoms with E-state index in [0.29, 0.717) is 19.4 Å². The quantitative estimate of drug-likeness (QED) is 0.700. The van der Waals surface area contributed by atoms with Gasteiger partial charge in [-0.05, 0) is 19.8 Å². The molecule has 1 fully saturated rings. The van der Waals surface area contributed by atoms with Crippen LogP contribution in [-0.4, -0.2) is 36.3 Å².